The number of thioether (sulfide) groups is 1. The first-order chi connectivity index (χ1) is 12.7. The molecule has 0 atom stereocenters. The maximum atomic E-state index is 12.9. The van der Waals surface area contributed by atoms with E-state index in [-0.39, 0.29) is 5.78 Å². The first-order valence-corrected chi connectivity index (χ1v) is 9.22. The van der Waals surface area contributed by atoms with Gasteiger partial charge in [0, 0.05) is 16.7 Å². The minimum absolute atomic E-state index is 0.0925. The first kappa shape index (κ1) is 16.4. The van der Waals surface area contributed by atoms with Crippen LogP contribution in [0.5, 0.6) is 5.75 Å². The lowest BCUT2D eigenvalue weighted by atomic mass is 9.93. The molecular weight excluding hydrogens is 344 g/mol. The molecule has 0 aliphatic heterocycles. The van der Waals surface area contributed by atoms with E-state index in [9.17, 15) is 10.1 Å². The number of nitrogens with zero attached hydrogens (tertiary/aromatic N) is 2. The summed E-state index contributed by atoms with van der Waals surface area (Å²) in [5.74, 6) is 0.643. The Morgan fingerprint density at radius 1 is 1.04 bits per heavy atom. The second-order valence-corrected chi connectivity index (χ2v) is 6.60. The lowest BCUT2D eigenvalue weighted by Crippen LogP contribution is -2.03. The number of ether oxygens (including phenoxy) is 1. The summed E-state index contributed by atoms with van der Waals surface area (Å²) in [4.78, 5) is 17.4. The molecule has 4 nitrogen and oxygen atoms in total. The van der Waals surface area contributed by atoms with Crippen molar-refractivity contribution in [1.82, 2.24) is 4.98 Å². The van der Waals surface area contributed by atoms with Gasteiger partial charge in [-0.05, 0) is 29.5 Å². The topological polar surface area (TPSA) is 63.0 Å². The number of rotatable bonds is 3. The maximum Gasteiger partial charge on any atom is 0.212 e. The zero-order chi connectivity index (χ0) is 18.3. The van der Waals surface area contributed by atoms with E-state index >= 15 is 0 Å². The van der Waals surface area contributed by atoms with Crippen LogP contribution in [0, 0.1) is 11.3 Å². The van der Waals surface area contributed by atoms with Gasteiger partial charge in [-0.25, -0.2) is 4.98 Å². The molecule has 1 aliphatic rings. The van der Waals surface area contributed by atoms with Crippen molar-refractivity contribution in [2.75, 3.05) is 13.4 Å². The van der Waals surface area contributed by atoms with Gasteiger partial charge < -0.3 is 4.74 Å². The third-order valence-electron chi connectivity index (χ3n) is 4.50. The predicted octanol–water partition coefficient (Wildman–Crippen LogP) is 4.56. The number of ketones is 1. The predicted molar refractivity (Wildman–Crippen MR) is 102 cm³/mol. The van der Waals surface area contributed by atoms with Crippen LogP contribution in [-0.2, 0) is 0 Å². The zero-order valence-electron chi connectivity index (χ0n) is 14.2. The number of carbonyl (C=O) groups excluding carboxylic acids is 1. The molecule has 3 aromatic rings. The van der Waals surface area contributed by atoms with Crippen molar-refractivity contribution in [3.63, 3.8) is 0 Å². The number of aromatic nitrogens is 1. The van der Waals surface area contributed by atoms with Gasteiger partial charge in [0.25, 0.3) is 0 Å². The third kappa shape index (κ3) is 2.31. The molecule has 26 heavy (non-hydrogen) atoms. The number of nitriles is 1. The monoisotopic (exact) mass is 358 g/mol. The summed E-state index contributed by atoms with van der Waals surface area (Å²) in [5, 5.41) is 10.4. The molecule has 0 saturated carbocycles. The van der Waals surface area contributed by atoms with Gasteiger partial charge in [0.05, 0.1) is 12.7 Å². The molecular formula is C21H14N2O2S. The van der Waals surface area contributed by atoms with Gasteiger partial charge >= 0.3 is 0 Å². The number of hydrogen-bond acceptors (Lipinski definition) is 5. The van der Waals surface area contributed by atoms with E-state index in [0.29, 0.717) is 21.8 Å². The van der Waals surface area contributed by atoms with Crippen LogP contribution in [0.25, 0.3) is 22.3 Å². The van der Waals surface area contributed by atoms with Crippen LogP contribution in [-0.4, -0.2) is 24.1 Å². The van der Waals surface area contributed by atoms with E-state index < -0.39 is 0 Å². The van der Waals surface area contributed by atoms with E-state index in [0.717, 1.165) is 28.0 Å². The van der Waals surface area contributed by atoms with Crippen LogP contribution in [0.2, 0.25) is 0 Å². The molecule has 0 unspecified atom stereocenters. The van der Waals surface area contributed by atoms with E-state index in [1.165, 1.54) is 11.8 Å². The second-order valence-electron chi connectivity index (χ2n) is 5.81. The SMILES string of the molecule is COc1ccc(-c2c(C#N)c(SC)nc3c2-c2ccccc2C3=O)cc1. The van der Waals surface area contributed by atoms with E-state index in [1.807, 2.05) is 54.8 Å². The molecule has 4 rings (SSSR count). The van der Waals surface area contributed by atoms with Crippen molar-refractivity contribution >= 4 is 17.5 Å². The summed E-state index contributed by atoms with van der Waals surface area (Å²) in [6, 6.07) is 17.3. The lowest BCUT2D eigenvalue weighted by molar-refractivity contribution is 0.103. The first-order valence-electron chi connectivity index (χ1n) is 8.00. The Hall–Kier alpha value is -3.10. The van der Waals surface area contributed by atoms with Crippen LogP contribution >= 0.6 is 11.8 Å². The van der Waals surface area contributed by atoms with Crippen LogP contribution < -0.4 is 4.74 Å². The van der Waals surface area contributed by atoms with E-state index in [1.54, 1.807) is 7.11 Å². The molecule has 1 aliphatic carbocycles. The minimum Gasteiger partial charge on any atom is -0.497 e. The molecule has 0 N–H and O–H groups in total. The third-order valence-corrected chi connectivity index (χ3v) is 5.19. The molecule has 0 fully saturated rings. The molecule has 0 bridgehead atoms. The smallest absolute Gasteiger partial charge is 0.212 e. The highest BCUT2D eigenvalue weighted by Crippen LogP contribution is 2.45. The molecule has 126 valence electrons. The molecule has 0 amide bonds. The number of hydrogen-bond donors (Lipinski definition) is 0. The summed E-state index contributed by atoms with van der Waals surface area (Å²) < 4.78 is 5.24. The number of methoxy groups -OCH3 is 1. The second kappa shape index (κ2) is 6.32. The van der Waals surface area contributed by atoms with Gasteiger partial charge in [0.15, 0.2) is 0 Å². The normalized spacial score (nSPS) is 11.7. The van der Waals surface area contributed by atoms with Crippen molar-refractivity contribution in [2.24, 2.45) is 0 Å². The van der Waals surface area contributed by atoms with Crippen LogP contribution in [0.1, 0.15) is 21.6 Å². The Bertz CT molecular complexity index is 1080. The van der Waals surface area contributed by atoms with Gasteiger partial charge in [-0.1, -0.05) is 36.4 Å². The van der Waals surface area contributed by atoms with Crippen LogP contribution in [0.15, 0.2) is 53.6 Å². The van der Waals surface area contributed by atoms with Crippen molar-refractivity contribution in [3.05, 3.63) is 65.4 Å². The fourth-order valence-corrected chi connectivity index (χ4v) is 3.85. The molecule has 0 radical (unpaired) electrons. The summed E-state index contributed by atoms with van der Waals surface area (Å²) in [6.45, 7) is 0. The van der Waals surface area contributed by atoms with Crippen LogP contribution in [0.4, 0.5) is 0 Å². The quantitative estimate of drug-likeness (QED) is 0.502. The molecule has 0 saturated heterocycles. The number of fused-ring (bicyclic) bond motifs is 3. The highest BCUT2D eigenvalue weighted by molar-refractivity contribution is 7.98. The number of benzene rings is 2. The fraction of sp³-hybridized carbons (Fsp3) is 0.0952. The highest BCUT2D eigenvalue weighted by Gasteiger charge is 2.33. The van der Waals surface area contributed by atoms with Gasteiger partial charge in [0.1, 0.15) is 22.5 Å². The zero-order valence-corrected chi connectivity index (χ0v) is 15.1. The Morgan fingerprint density at radius 3 is 2.35 bits per heavy atom. The fourth-order valence-electron chi connectivity index (χ4n) is 3.31. The highest BCUT2D eigenvalue weighted by atomic mass is 32.2. The van der Waals surface area contributed by atoms with E-state index in [4.69, 9.17) is 4.74 Å². The number of carbonyl (C=O) groups is 1. The molecule has 0 spiro atoms. The maximum absolute atomic E-state index is 12.9. The average Bonchev–Trinajstić information content (AvgIpc) is 2.99. The Morgan fingerprint density at radius 2 is 1.73 bits per heavy atom. The van der Waals surface area contributed by atoms with Gasteiger partial charge in [-0.2, -0.15) is 5.26 Å². The summed E-state index contributed by atoms with van der Waals surface area (Å²) in [7, 11) is 1.61. The van der Waals surface area contributed by atoms with Crippen molar-refractivity contribution in [1.29, 1.82) is 5.26 Å². The summed E-state index contributed by atoms with van der Waals surface area (Å²) in [5.41, 5.74) is 4.72. The molecule has 5 heteroatoms. The number of pyridine rings is 1. The summed E-state index contributed by atoms with van der Waals surface area (Å²) in [6.07, 6.45) is 1.86. The Labute approximate surface area is 155 Å². The van der Waals surface area contributed by atoms with Crippen molar-refractivity contribution in [3.8, 4) is 34.1 Å². The molecule has 1 heterocycles. The van der Waals surface area contributed by atoms with Crippen LogP contribution in [0.3, 0.4) is 0 Å². The minimum atomic E-state index is -0.0925. The average molecular weight is 358 g/mol. The van der Waals surface area contributed by atoms with Gasteiger partial charge in [0.2, 0.25) is 5.78 Å². The van der Waals surface area contributed by atoms with Gasteiger partial charge in [-0.3, -0.25) is 4.79 Å². The van der Waals surface area contributed by atoms with Gasteiger partial charge in [-0.15, -0.1) is 11.8 Å². The molecule has 1 aromatic heterocycles. The standard InChI is InChI=1S/C21H14N2O2S/c1-25-13-9-7-12(8-10-13)17-16(11-22)21(26-2)23-19-18(17)14-5-3-4-6-15(14)20(19)24/h3-10H,1-2H3. The largest absolute Gasteiger partial charge is 0.497 e. The molecule has 2 aromatic carbocycles. The Balaban J connectivity index is 2.10. The van der Waals surface area contributed by atoms with Crippen molar-refractivity contribution < 1.29 is 9.53 Å². The van der Waals surface area contributed by atoms with E-state index in [2.05, 4.69) is 11.1 Å². The summed E-state index contributed by atoms with van der Waals surface area (Å²) >= 11 is 1.37. The Kier molecular flexibility index (Phi) is 3.98. The van der Waals surface area contributed by atoms with Crippen molar-refractivity contribution in [2.45, 2.75) is 5.03 Å². The lowest BCUT2D eigenvalue weighted by Gasteiger charge is -2.14.